The Morgan fingerprint density at radius 1 is 1.14 bits per heavy atom. The maximum Gasteiger partial charge on any atom is 0.294 e. The van der Waals surface area contributed by atoms with E-state index in [0.29, 0.717) is 11.8 Å². The summed E-state index contributed by atoms with van der Waals surface area (Å²) in [7, 11) is -4.08. The van der Waals surface area contributed by atoms with Gasteiger partial charge in [-0.05, 0) is 48.3 Å². The molecule has 0 amide bonds. The van der Waals surface area contributed by atoms with Crippen LogP contribution in [0, 0.1) is 11.8 Å². The van der Waals surface area contributed by atoms with Gasteiger partial charge in [0.2, 0.25) is 0 Å². The molecule has 1 atom stereocenters. The van der Waals surface area contributed by atoms with Gasteiger partial charge in [0.1, 0.15) is 0 Å². The Kier molecular flexibility index (Phi) is 5.44. The molecule has 1 N–H and O–H groups in total. The van der Waals surface area contributed by atoms with Crippen molar-refractivity contribution in [1.29, 1.82) is 0 Å². The van der Waals surface area contributed by atoms with Gasteiger partial charge in [-0.2, -0.15) is 8.42 Å². The molecule has 21 heavy (non-hydrogen) atoms. The number of rotatable bonds is 5. The van der Waals surface area contributed by atoms with Crippen LogP contribution in [0.1, 0.15) is 63.9 Å². The van der Waals surface area contributed by atoms with E-state index in [1.165, 1.54) is 56.2 Å². The van der Waals surface area contributed by atoms with Gasteiger partial charge >= 0.3 is 0 Å². The fraction of sp³-hybridized carbons (Fsp3) is 0.647. The van der Waals surface area contributed by atoms with E-state index >= 15 is 0 Å². The van der Waals surface area contributed by atoms with Crippen LogP contribution in [0.4, 0.5) is 0 Å². The van der Waals surface area contributed by atoms with E-state index in [4.69, 9.17) is 4.55 Å². The van der Waals surface area contributed by atoms with Crippen LogP contribution < -0.4 is 0 Å². The Morgan fingerprint density at radius 3 is 2.19 bits per heavy atom. The molecule has 0 aromatic heterocycles. The van der Waals surface area contributed by atoms with Crippen molar-refractivity contribution in [3.8, 4) is 0 Å². The van der Waals surface area contributed by atoms with Crippen LogP contribution in [0.2, 0.25) is 0 Å². The summed E-state index contributed by atoms with van der Waals surface area (Å²) < 4.78 is 31.2. The molecule has 4 heteroatoms. The zero-order chi connectivity index (χ0) is 15.5. The van der Waals surface area contributed by atoms with Gasteiger partial charge in [-0.25, -0.2) is 0 Å². The molecule has 0 saturated heterocycles. The van der Waals surface area contributed by atoms with Crippen LogP contribution in [0.3, 0.4) is 0 Å². The van der Waals surface area contributed by atoms with Gasteiger partial charge in [-0.1, -0.05) is 51.7 Å². The van der Waals surface area contributed by atoms with E-state index < -0.39 is 10.1 Å². The molecule has 2 rings (SSSR count). The van der Waals surface area contributed by atoms with Crippen LogP contribution >= 0.6 is 0 Å². The Balaban J connectivity index is 1.99. The lowest BCUT2D eigenvalue weighted by molar-refractivity contribution is 0.239. The molecule has 1 fully saturated rings. The molecule has 0 bridgehead atoms. The van der Waals surface area contributed by atoms with Crippen molar-refractivity contribution in [3.63, 3.8) is 0 Å². The van der Waals surface area contributed by atoms with Crippen LogP contribution in [0.15, 0.2) is 29.2 Å². The molecule has 0 radical (unpaired) electrons. The highest BCUT2D eigenvalue weighted by Gasteiger charge is 2.25. The quantitative estimate of drug-likeness (QED) is 0.806. The summed E-state index contributed by atoms with van der Waals surface area (Å²) in [4.78, 5) is -0.0231. The summed E-state index contributed by atoms with van der Waals surface area (Å²) >= 11 is 0. The van der Waals surface area contributed by atoms with Crippen molar-refractivity contribution in [2.45, 2.75) is 63.2 Å². The van der Waals surface area contributed by atoms with Gasteiger partial charge < -0.3 is 0 Å². The molecule has 0 aliphatic heterocycles. The minimum Gasteiger partial charge on any atom is -0.282 e. The first kappa shape index (κ1) is 16.5. The van der Waals surface area contributed by atoms with Gasteiger partial charge in [-0.15, -0.1) is 0 Å². The monoisotopic (exact) mass is 310 g/mol. The lowest BCUT2D eigenvalue weighted by Gasteiger charge is -2.32. The summed E-state index contributed by atoms with van der Waals surface area (Å²) in [5, 5.41) is 0. The van der Waals surface area contributed by atoms with Crippen molar-refractivity contribution in [2.24, 2.45) is 11.8 Å². The van der Waals surface area contributed by atoms with Crippen molar-refractivity contribution in [2.75, 3.05) is 0 Å². The molecule has 118 valence electrons. The van der Waals surface area contributed by atoms with Crippen LogP contribution in [0.25, 0.3) is 0 Å². The van der Waals surface area contributed by atoms with Crippen molar-refractivity contribution in [3.05, 3.63) is 29.8 Å². The molecule has 1 saturated carbocycles. The molecule has 1 aliphatic rings. The maximum atomic E-state index is 11.1. The first-order valence-electron chi connectivity index (χ1n) is 7.99. The van der Waals surface area contributed by atoms with E-state index in [0.717, 1.165) is 5.92 Å². The molecule has 1 aliphatic carbocycles. The van der Waals surface area contributed by atoms with Gasteiger partial charge in [0.05, 0.1) is 4.90 Å². The highest BCUT2D eigenvalue weighted by molar-refractivity contribution is 7.85. The Bertz CT molecular complexity index is 540. The largest absolute Gasteiger partial charge is 0.294 e. The van der Waals surface area contributed by atoms with Gasteiger partial charge in [0, 0.05) is 0 Å². The van der Waals surface area contributed by atoms with Gasteiger partial charge in [-0.3, -0.25) is 4.55 Å². The maximum absolute atomic E-state index is 11.1. The third-order valence-electron chi connectivity index (χ3n) is 5.00. The van der Waals surface area contributed by atoms with E-state index in [2.05, 4.69) is 13.8 Å². The average Bonchev–Trinajstić information content (AvgIpc) is 2.47. The zero-order valence-corrected chi connectivity index (χ0v) is 13.8. The topological polar surface area (TPSA) is 54.4 Å². The fourth-order valence-corrected chi connectivity index (χ4v) is 4.08. The lowest BCUT2D eigenvalue weighted by Crippen LogP contribution is -2.19. The normalized spacial score (nSPS) is 24.7. The second-order valence-corrected chi connectivity index (χ2v) is 7.82. The Labute approximate surface area is 128 Å². The third kappa shape index (κ3) is 4.30. The number of benzene rings is 1. The number of hydrogen-bond acceptors (Lipinski definition) is 2. The Morgan fingerprint density at radius 2 is 1.71 bits per heavy atom. The first-order valence-corrected chi connectivity index (χ1v) is 9.43. The van der Waals surface area contributed by atoms with Gasteiger partial charge in [0.25, 0.3) is 10.1 Å². The molecule has 1 aromatic rings. The second-order valence-electron chi connectivity index (χ2n) is 6.40. The molecular weight excluding hydrogens is 284 g/mol. The second kappa shape index (κ2) is 6.93. The van der Waals surface area contributed by atoms with E-state index in [1.807, 2.05) is 12.1 Å². The summed E-state index contributed by atoms with van der Waals surface area (Å²) in [6.45, 7) is 4.48. The SMILES string of the molecule is CCCC1CCC(C(C)c2ccc(S(=O)(=O)O)cc2)CC1. The zero-order valence-electron chi connectivity index (χ0n) is 13.0. The highest BCUT2D eigenvalue weighted by atomic mass is 32.2. The minimum absolute atomic E-state index is 0.0231. The number of hydrogen-bond donors (Lipinski definition) is 1. The van der Waals surface area contributed by atoms with Crippen LogP contribution in [0.5, 0.6) is 0 Å². The fourth-order valence-electron chi connectivity index (χ4n) is 3.60. The van der Waals surface area contributed by atoms with E-state index in [1.54, 1.807) is 0 Å². The smallest absolute Gasteiger partial charge is 0.282 e. The minimum atomic E-state index is -4.08. The third-order valence-corrected chi connectivity index (χ3v) is 5.87. The predicted octanol–water partition coefficient (Wildman–Crippen LogP) is 4.64. The molecule has 0 heterocycles. The van der Waals surface area contributed by atoms with Crippen LogP contribution in [-0.2, 0) is 10.1 Å². The summed E-state index contributed by atoms with van der Waals surface area (Å²) in [5.74, 6) is 2.04. The van der Waals surface area contributed by atoms with E-state index in [-0.39, 0.29) is 4.90 Å². The van der Waals surface area contributed by atoms with Gasteiger partial charge in [0.15, 0.2) is 0 Å². The standard InChI is InChI=1S/C17H26O3S/c1-3-4-14-5-7-15(8-6-14)13(2)16-9-11-17(12-10-16)21(18,19)20/h9-15H,3-8H2,1-2H3,(H,18,19,20). The highest BCUT2D eigenvalue weighted by Crippen LogP contribution is 2.39. The predicted molar refractivity (Wildman–Crippen MR) is 85.0 cm³/mol. The molecule has 1 unspecified atom stereocenters. The molecular formula is C17H26O3S. The summed E-state index contributed by atoms with van der Waals surface area (Å²) in [5.41, 5.74) is 1.17. The van der Waals surface area contributed by atoms with Crippen LogP contribution in [-0.4, -0.2) is 13.0 Å². The van der Waals surface area contributed by atoms with E-state index in [9.17, 15) is 8.42 Å². The molecule has 0 spiro atoms. The Hall–Kier alpha value is -0.870. The molecule has 3 nitrogen and oxygen atoms in total. The van der Waals surface area contributed by atoms with Crippen molar-refractivity contribution < 1.29 is 13.0 Å². The molecule has 1 aromatic carbocycles. The van der Waals surface area contributed by atoms with Crippen molar-refractivity contribution >= 4 is 10.1 Å². The average molecular weight is 310 g/mol. The first-order chi connectivity index (χ1) is 9.91. The van der Waals surface area contributed by atoms with Crippen molar-refractivity contribution in [1.82, 2.24) is 0 Å². The summed E-state index contributed by atoms with van der Waals surface area (Å²) in [6.07, 6.45) is 7.82. The summed E-state index contributed by atoms with van der Waals surface area (Å²) in [6, 6.07) is 6.69. The lowest BCUT2D eigenvalue weighted by atomic mass is 9.73.